The van der Waals surface area contributed by atoms with Gasteiger partial charge in [-0.2, -0.15) is 5.10 Å². The molecule has 6 nitrogen and oxygen atoms in total. The first-order chi connectivity index (χ1) is 12.1. The van der Waals surface area contributed by atoms with E-state index >= 15 is 0 Å². The maximum absolute atomic E-state index is 11.9. The van der Waals surface area contributed by atoms with Crippen LogP contribution in [0.15, 0.2) is 53.6 Å². The normalized spacial score (nSPS) is 10.5. The van der Waals surface area contributed by atoms with Crippen LogP contribution < -0.4 is 10.2 Å². The summed E-state index contributed by atoms with van der Waals surface area (Å²) in [5, 5.41) is 3.93. The Morgan fingerprint density at radius 1 is 1.12 bits per heavy atom. The van der Waals surface area contributed by atoms with Crippen molar-refractivity contribution >= 4 is 40.7 Å². The van der Waals surface area contributed by atoms with Gasteiger partial charge in [-0.05, 0) is 83.6 Å². The molecule has 1 amide bonds. The first-order valence-electron chi connectivity index (χ1n) is 7.56. The van der Waals surface area contributed by atoms with E-state index in [0.717, 1.165) is 9.13 Å². The summed E-state index contributed by atoms with van der Waals surface area (Å²) in [5.41, 5.74) is 3.80. The number of hydrogen-bond acceptors (Lipinski definition) is 5. The average Bonchev–Trinajstić information content (AvgIpc) is 2.62. The molecule has 0 saturated carbocycles. The van der Waals surface area contributed by atoms with Crippen LogP contribution in [0.4, 0.5) is 0 Å². The molecular weight excluding hydrogens is 435 g/mol. The van der Waals surface area contributed by atoms with Crippen molar-refractivity contribution in [1.82, 2.24) is 5.43 Å². The highest BCUT2D eigenvalue weighted by Crippen LogP contribution is 2.11. The summed E-state index contributed by atoms with van der Waals surface area (Å²) >= 11 is 2.18. The van der Waals surface area contributed by atoms with Crippen LogP contribution >= 0.6 is 22.6 Å². The molecule has 2 aromatic carbocycles. The monoisotopic (exact) mass is 452 g/mol. The second-order valence-corrected chi connectivity index (χ2v) is 6.11. The zero-order chi connectivity index (χ0) is 18.1. The summed E-state index contributed by atoms with van der Waals surface area (Å²) in [5.74, 6) is -0.137. The van der Waals surface area contributed by atoms with E-state index in [0.29, 0.717) is 17.9 Å². The number of carbonyl (C=O) groups is 2. The van der Waals surface area contributed by atoms with E-state index in [-0.39, 0.29) is 12.5 Å². The molecule has 0 saturated heterocycles. The summed E-state index contributed by atoms with van der Waals surface area (Å²) in [4.78, 5) is 23.1. The molecule has 1 N–H and O–H groups in total. The van der Waals surface area contributed by atoms with E-state index in [1.807, 2.05) is 12.1 Å². The number of hydrogen-bond donors (Lipinski definition) is 1. The number of ether oxygens (including phenoxy) is 2. The minimum Gasteiger partial charge on any atom is -0.482 e. The standard InChI is InChI=1S/C18H17IN2O4/c1-2-24-17(22)12-25-16-9-3-13(4-10-16)11-20-21-18(23)14-5-7-15(19)8-6-14/h3-11H,2,12H2,1H3,(H,21,23)/b20-11-. The lowest BCUT2D eigenvalue weighted by Crippen LogP contribution is -2.17. The van der Waals surface area contributed by atoms with E-state index in [1.165, 1.54) is 6.21 Å². The number of carbonyl (C=O) groups excluding carboxylic acids is 2. The summed E-state index contributed by atoms with van der Waals surface area (Å²) in [6.45, 7) is 1.93. The Bertz CT molecular complexity index is 743. The molecule has 7 heteroatoms. The van der Waals surface area contributed by atoms with Gasteiger partial charge in [0.25, 0.3) is 5.91 Å². The van der Waals surface area contributed by atoms with E-state index < -0.39 is 5.97 Å². The van der Waals surface area contributed by atoms with Crippen molar-refractivity contribution in [3.8, 4) is 5.75 Å². The molecule has 0 atom stereocenters. The van der Waals surface area contributed by atoms with Crippen LogP contribution in [0.5, 0.6) is 5.75 Å². The summed E-state index contributed by atoms with van der Waals surface area (Å²) < 4.78 is 11.1. The van der Waals surface area contributed by atoms with Crippen molar-refractivity contribution in [2.75, 3.05) is 13.2 Å². The molecule has 0 fully saturated rings. The Hall–Kier alpha value is -2.42. The summed E-state index contributed by atoms with van der Waals surface area (Å²) in [6, 6.07) is 14.1. The van der Waals surface area contributed by atoms with Crippen molar-refractivity contribution in [3.05, 3.63) is 63.2 Å². The smallest absolute Gasteiger partial charge is 0.344 e. The van der Waals surface area contributed by atoms with Crippen molar-refractivity contribution in [3.63, 3.8) is 0 Å². The van der Waals surface area contributed by atoms with Gasteiger partial charge in [0.2, 0.25) is 0 Å². The van der Waals surface area contributed by atoms with Gasteiger partial charge in [-0.15, -0.1) is 0 Å². The molecule has 0 aliphatic heterocycles. The number of rotatable bonds is 7. The zero-order valence-electron chi connectivity index (χ0n) is 13.6. The Kier molecular flexibility index (Phi) is 7.39. The van der Waals surface area contributed by atoms with Gasteiger partial charge < -0.3 is 9.47 Å². The number of esters is 1. The fourth-order valence-corrected chi connectivity index (χ4v) is 2.19. The lowest BCUT2D eigenvalue weighted by Gasteiger charge is -2.05. The van der Waals surface area contributed by atoms with E-state index in [4.69, 9.17) is 9.47 Å². The molecule has 0 bridgehead atoms. The zero-order valence-corrected chi connectivity index (χ0v) is 15.7. The summed E-state index contributed by atoms with van der Waals surface area (Å²) in [6.07, 6.45) is 1.53. The van der Waals surface area contributed by atoms with Gasteiger partial charge >= 0.3 is 5.97 Å². The largest absolute Gasteiger partial charge is 0.482 e. The number of halogens is 1. The van der Waals surface area contributed by atoms with Crippen LogP contribution in [0.25, 0.3) is 0 Å². The minimum atomic E-state index is -0.411. The predicted molar refractivity (Wildman–Crippen MR) is 103 cm³/mol. The molecule has 130 valence electrons. The quantitative estimate of drug-likeness (QED) is 0.303. The molecule has 2 aromatic rings. The highest BCUT2D eigenvalue weighted by atomic mass is 127. The lowest BCUT2D eigenvalue weighted by atomic mass is 10.2. The molecule has 2 rings (SSSR count). The molecule has 0 unspecified atom stereocenters. The highest BCUT2D eigenvalue weighted by molar-refractivity contribution is 14.1. The number of benzene rings is 2. The van der Waals surface area contributed by atoms with Gasteiger partial charge in [-0.3, -0.25) is 4.79 Å². The molecule has 0 spiro atoms. The predicted octanol–water partition coefficient (Wildman–Crippen LogP) is 3.00. The maximum Gasteiger partial charge on any atom is 0.344 e. The van der Waals surface area contributed by atoms with E-state index in [9.17, 15) is 9.59 Å². The fourth-order valence-electron chi connectivity index (χ4n) is 1.83. The molecule has 0 aliphatic rings. The Morgan fingerprint density at radius 3 is 2.44 bits per heavy atom. The first-order valence-corrected chi connectivity index (χ1v) is 8.64. The molecule has 0 aromatic heterocycles. The minimum absolute atomic E-state index is 0.132. The molecule has 0 heterocycles. The lowest BCUT2D eigenvalue weighted by molar-refractivity contribution is -0.145. The van der Waals surface area contributed by atoms with Gasteiger partial charge in [-0.1, -0.05) is 0 Å². The number of nitrogens with zero attached hydrogens (tertiary/aromatic N) is 1. The van der Waals surface area contributed by atoms with Crippen molar-refractivity contribution in [2.24, 2.45) is 5.10 Å². The van der Waals surface area contributed by atoms with E-state index in [2.05, 4.69) is 33.1 Å². The topological polar surface area (TPSA) is 77.0 Å². The molecule has 0 aliphatic carbocycles. The highest BCUT2D eigenvalue weighted by Gasteiger charge is 2.04. The SMILES string of the molecule is CCOC(=O)COc1ccc(/C=N\NC(=O)c2ccc(I)cc2)cc1. The Morgan fingerprint density at radius 2 is 1.80 bits per heavy atom. The number of amides is 1. The maximum atomic E-state index is 11.9. The molecule has 0 radical (unpaired) electrons. The van der Waals surface area contributed by atoms with Gasteiger partial charge in [0, 0.05) is 9.13 Å². The van der Waals surface area contributed by atoms with Crippen molar-refractivity contribution < 1.29 is 19.1 Å². The van der Waals surface area contributed by atoms with Crippen molar-refractivity contribution in [1.29, 1.82) is 0 Å². The Balaban J connectivity index is 1.83. The molecular formula is C18H17IN2O4. The number of hydrazone groups is 1. The third-order valence-corrected chi connectivity index (χ3v) is 3.75. The third-order valence-electron chi connectivity index (χ3n) is 3.03. The van der Waals surface area contributed by atoms with Gasteiger partial charge in [-0.25, -0.2) is 10.2 Å². The fraction of sp³-hybridized carbons (Fsp3) is 0.167. The Labute approximate surface area is 159 Å². The van der Waals surface area contributed by atoms with Crippen LogP contribution in [-0.4, -0.2) is 31.3 Å². The van der Waals surface area contributed by atoms with E-state index in [1.54, 1.807) is 43.3 Å². The van der Waals surface area contributed by atoms with Crippen LogP contribution in [0.3, 0.4) is 0 Å². The molecule has 25 heavy (non-hydrogen) atoms. The second-order valence-electron chi connectivity index (χ2n) is 4.87. The van der Waals surface area contributed by atoms with Gasteiger partial charge in [0.1, 0.15) is 5.75 Å². The third kappa shape index (κ3) is 6.54. The van der Waals surface area contributed by atoms with Crippen LogP contribution in [0.2, 0.25) is 0 Å². The van der Waals surface area contributed by atoms with Crippen LogP contribution in [0.1, 0.15) is 22.8 Å². The first kappa shape index (κ1) is 18.9. The summed E-state index contributed by atoms with van der Waals surface area (Å²) in [7, 11) is 0. The number of nitrogens with one attached hydrogen (secondary N) is 1. The average molecular weight is 452 g/mol. The van der Waals surface area contributed by atoms with Crippen molar-refractivity contribution in [2.45, 2.75) is 6.92 Å². The van der Waals surface area contributed by atoms with Crippen LogP contribution in [0, 0.1) is 3.57 Å². The van der Waals surface area contributed by atoms with Gasteiger partial charge in [0.05, 0.1) is 12.8 Å². The second kappa shape index (κ2) is 9.77. The van der Waals surface area contributed by atoms with Crippen LogP contribution in [-0.2, 0) is 9.53 Å². The van der Waals surface area contributed by atoms with Gasteiger partial charge in [0.15, 0.2) is 6.61 Å².